The first kappa shape index (κ1) is 15.9. The highest BCUT2D eigenvalue weighted by atomic mass is 35.5. The summed E-state index contributed by atoms with van der Waals surface area (Å²) in [6.45, 7) is 1.30. The summed E-state index contributed by atoms with van der Waals surface area (Å²) in [6.07, 6.45) is 7.26. The first-order valence-corrected chi connectivity index (χ1v) is 8.59. The summed E-state index contributed by atoms with van der Waals surface area (Å²) >= 11 is 6.07. The van der Waals surface area contributed by atoms with Crippen LogP contribution in [0.5, 0.6) is 0 Å². The molecule has 1 aliphatic rings. The fourth-order valence-electron chi connectivity index (χ4n) is 3.43. The van der Waals surface area contributed by atoms with Crippen molar-refractivity contribution in [1.29, 1.82) is 0 Å². The van der Waals surface area contributed by atoms with Crippen molar-refractivity contribution >= 4 is 28.4 Å². The molecule has 2 aromatic heterocycles. The fraction of sp³-hybridized carbons (Fsp3) is 0.278. The zero-order valence-electron chi connectivity index (χ0n) is 13.5. The van der Waals surface area contributed by atoms with E-state index >= 15 is 0 Å². The molecule has 0 radical (unpaired) electrons. The molecule has 3 aromatic rings. The Morgan fingerprint density at radius 1 is 1.24 bits per heavy atom. The second kappa shape index (κ2) is 6.37. The molecule has 1 saturated heterocycles. The lowest BCUT2D eigenvalue weighted by molar-refractivity contribution is 0.0696. The molecule has 25 heavy (non-hydrogen) atoms. The predicted molar refractivity (Wildman–Crippen MR) is 96.0 cm³/mol. The summed E-state index contributed by atoms with van der Waals surface area (Å²) in [6, 6.07) is 6.87. The predicted octanol–water partition coefficient (Wildman–Crippen LogP) is 2.86. The van der Waals surface area contributed by atoms with Crippen LogP contribution in [0, 0.1) is 0 Å². The molecule has 1 aliphatic heterocycles. The molecule has 0 bridgehead atoms. The standard InChI is InChI=1S/C18H17ClN4O2/c19-12-1-2-16-14(9-12)15(10-17(24)21-16)18(25)22-6-3-13(4-7-22)23-8-5-20-11-23/h1-2,5,8-11,13H,3-4,6-7H2,(H,21,24). The topological polar surface area (TPSA) is 71.0 Å². The van der Waals surface area contributed by atoms with Crippen LogP contribution in [0.2, 0.25) is 5.02 Å². The summed E-state index contributed by atoms with van der Waals surface area (Å²) in [5.41, 5.74) is 0.738. The van der Waals surface area contributed by atoms with Crippen LogP contribution < -0.4 is 5.56 Å². The van der Waals surface area contributed by atoms with Crippen molar-refractivity contribution in [2.75, 3.05) is 13.1 Å². The Morgan fingerprint density at radius 3 is 2.76 bits per heavy atom. The number of benzene rings is 1. The third-order valence-electron chi connectivity index (χ3n) is 4.73. The van der Waals surface area contributed by atoms with E-state index < -0.39 is 0 Å². The highest BCUT2D eigenvalue weighted by Gasteiger charge is 2.25. The third kappa shape index (κ3) is 3.05. The van der Waals surface area contributed by atoms with Gasteiger partial charge >= 0.3 is 0 Å². The Bertz CT molecular complexity index is 972. The first-order chi connectivity index (χ1) is 12.1. The number of piperidine rings is 1. The van der Waals surface area contributed by atoms with Crippen molar-refractivity contribution < 1.29 is 4.79 Å². The summed E-state index contributed by atoms with van der Waals surface area (Å²) < 4.78 is 2.09. The highest BCUT2D eigenvalue weighted by molar-refractivity contribution is 6.31. The maximum Gasteiger partial charge on any atom is 0.254 e. The SMILES string of the molecule is O=C(c1cc(=O)[nH]c2ccc(Cl)cc12)N1CCC(n2ccnc2)CC1. The van der Waals surface area contributed by atoms with Crippen molar-refractivity contribution in [3.8, 4) is 0 Å². The van der Waals surface area contributed by atoms with E-state index in [4.69, 9.17) is 11.6 Å². The first-order valence-electron chi connectivity index (χ1n) is 8.21. The van der Waals surface area contributed by atoms with Gasteiger partial charge in [-0.1, -0.05) is 11.6 Å². The van der Waals surface area contributed by atoms with Crippen LogP contribution in [0.15, 0.2) is 47.8 Å². The average molecular weight is 357 g/mol. The van der Waals surface area contributed by atoms with Gasteiger partial charge in [-0.15, -0.1) is 0 Å². The lowest BCUT2D eigenvalue weighted by Gasteiger charge is -2.32. The number of imidazole rings is 1. The Hall–Kier alpha value is -2.60. The van der Waals surface area contributed by atoms with Crippen LogP contribution in [-0.4, -0.2) is 38.4 Å². The van der Waals surface area contributed by atoms with E-state index in [-0.39, 0.29) is 11.5 Å². The van der Waals surface area contributed by atoms with E-state index in [0.29, 0.717) is 40.6 Å². The zero-order valence-corrected chi connectivity index (χ0v) is 14.2. The molecule has 1 aromatic carbocycles. The molecule has 1 fully saturated rings. The maximum absolute atomic E-state index is 13.0. The Kier molecular flexibility index (Phi) is 4.05. The van der Waals surface area contributed by atoms with Crippen molar-refractivity contribution in [2.24, 2.45) is 0 Å². The molecule has 7 heteroatoms. The van der Waals surface area contributed by atoms with Gasteiger partial charge in [-0.3, -0.25) is 9.59 Å². The Morgan fingerprint density at radius 2 is 2.04 bits per heavy atom. The van der Waals surface area contributed by atoms with E-state index in [1.165, 1.54) is 6.07 Å². The minimum Gasteiger partial charge on any atom is -0.338 e. The van der Waals surface area contributed by atoms with Gasteiger partial charge in [0.2, 0.25) is 5.56 Å². The average Bonchev–Trinajstić information content (AvgIpc) is 3.16. The summed E-state index contributed by atoms with van der Waals surface area (Å²) in [4.78, 5) is 33.5. The van der Waals surface area contributed by atoms with Crippen LogP contribution in [-0.2, 0) is 0 Å². The van der Waals surface area contributed by atoms with E-state index in [1.807, 2.05) is 17.4 Å². The summed E-state index contributed by atoms with van der Waals surface area (Å²) in [7, 11) is 0. The van der Waals surface area contributed by atoms with Crippen LogP contribution in [0.1, 0.15) is 29.2 Å². The molecule has 6 nitrogen and oxygen atoms in total. The Balaban J connectivity index is 1.60. The van der Waals surface area contributed by atoms with Crippen molar-refractivity contribution in [3.05, 3.63) is 63.9 Å². The molecule has 0 atom stereocenters. The quantitative estimate of drug-likeness (QED) is 0.767. The van der Waals surface area contributed by atoms with Crippen LogP contribution >= 0.6 is 11.6 Å². The second-order valence-electron chi connectivity index (χ2n) is 6.27. The number of nitrogens with one attached hydrogen (secondary N) is 1. The molecule has 0 aliphatic carbocycles. The fourth-order valence-corrected chi connectivity index (χ4v) is 3.60. The number of nitrogens with zero attached hydrogens (tertiary/aromatic N) is 3. The van der Waals surface area contributed by atoms with Crippen molar-refractivity contribution in [1.82, 2.24) is 19.4 Å². The van der Waals surface area contributed by atoms with Gasteiger partial charge in [-0.2, -0.15) is 0 Å². The number of pyridine rings is 1. The number of aromatic nitrogens is 3. The number of amides is 1. The molecule has 128 valence electrons. The minimum atomic E-state index is -0.286. The maximum atomic E-state index is 13.0. The third-order valence-corrected chi connectivity index (χ3v) is 4.97. The Labute approximate surface area is 149 Å². The van der Waals surface area contributed by atoms with Crippen LogP contribution in [0.3, 0.4) is 0 Å². The number of hydrogen-bond donors (Lipinski definition) is 1. The van der Waals surface area contributed by atoms with Crippen LogP contribution in [0.25, 0.3) is 10.9 Å². The normalized spacial score (nSPS) is 15.6. The number of carbonyl (C=O) groups is 1. The molecule has 0 saturated carbocycles. The van der Waals surface area contributed by atoms with Gasteiger partial charge in [0.1, 0.15) is 0 Å². The molecule has 3 heterocycles. The molecular weight excluding hydrogens is 340 g/mol. The number of carbonyl (C=O) groups excluding carboxylic acids is 1. The number of rotatable bonds is 2. The lowest BCUT2D eigenvalue weighted by atomic mass is 10.0. The van der Waals surface area contributed by atoms with Gasteiger partial charge in [0.05, 0.1) is 11.9 Å². The molecule has 1 amide bonds. The van der Waals surface area contributed by atoms with Gasteiger partial charge < -0.3 is 14.5 Å². The largest absolute Gasteiger partial charge is 0.338 e. The van der Waals surface area contributed by atoms with Gasteiger partial charge in [0.25, 0.3) is 5.91 Å². The summed E-state index contributed by atoms with van der Waals surface area (Å²) in [5.74, 6) is -0.123. The van der Waals surface area contributed by atoms with Crippen molar-refractivity contribution in [2.45, 2.75) is 18.9 Å². The smallest absolute Gasteiger partial charge is 0.254 e. The molecule has 0 spiro atoms. The monoisotopic (exact) mass is 356 g/mol. The van der Waals surface area contributed by atoms with Gasteiger partial charge in [-0.25, -0.2) is 4.98 Å². The van der Waals surface area contributed by atoms with Gasteiger partial charge in [-0.05, 0) is 31.0 Å². The molecule has 0 unspecified atom stereocenters. The number of H-pyrrole nitrogens is 1. The number of aromatic amines is 1. The van der Waals surface area contributed by atoms with Crippen molar-refractivity contribution in [3.63, 3.8) is 0 Å². The van der Waals surface area contributed by atoms with Crippen LogP contribution in [0.4, 0.5) is 0 Å². The zero-order chi connectivity index (χ0) is 17.4. The minimum absolute atomic E-state index is 0.123. The van der Waals surface area contributed by atoms with E-state index in [1.54, 1.807) is 24.4 Å². The lowest BCUT2D eigenvalue weighted by Crippen LogP contribution is -2.39. The number of fused-ring (bicyclic) bond motifs is 1. The number of likely N-dealkylation sites (tertiary alicyclic amines) is 1. The molecule has 4 rings (SSSR count). The molecule has 1 N–H and O–H groups in total. The number of halogens is 1. The highest BCUT2D eigenvalue weighted by Crippen LogP contribution is 2.25. The van der Waals surface area contributed by atoms with E-state index in [2.05, 4.69) is 14.5 Å². The van der Waals surface area contributed by atoms with E-state index in [0.717, 1.165) is 12.8 Å². The second-order valence-corrected chi connectivity index (χ2v) is 6.71. The van der Waals surface area contributed by atoms with Gasteiger partial charge in [0.15, 0.2) is 0 Å². The number of hydrogen-bond acceptors (Lipinski definition) is 3. The summed E-state index contributed by atoms with van der Waals surface area (Å²) in [5, 5.41) is 1.21. The van der Waals surface area contributed by atoms with Gasteiger partial charge in [0, 0.05) is 53.5 Å². The van der Waals surface area contributed by atoms with E-state index in [9.17, 15) is 9.59 Å². The molecular formula is C18H17ClN4O2.